The molecule has 1 N–H and O–H groups in total. The van der Waals surface area contributed by atoms with Crippen LogP contribution in [0.4, 0.5) is 0 Å². The van der Waals surface area contributed by atoms with E-state index in [9.17, 15) is 0 Å². The zero-order valence-electron chi connectivity index (χ0n) is 11.5. The van der Waals surface area contributed by atoms with E-state index in [4.69, 9.17) is 4.74 Å². The van der Waals surface area contributed by atoms with Crippen LogP contribution in [0.15, 0.2) is 0 Å². The highest BCUT2D eigenvalue weighted by molar-refractivity contribution is 4.99. The van der Waals surface area contributed by atoms with E-state index < -0.39 is 0 Å². The van der Waals surface area contributed by atoms with Gasteiger partial charge in [0.1, 0.15) is 0 Å². The first-order valence-corrected chi connectivity index (χ1v) is 7.21. The van der Waals surface area contributed by atoms with Crippen LogP contribution in [-0.2, 0) is 4.74 Å². The van der Waals surface area contributed by atoms with E-state index in [0.29, 0.717) is 0 Å². The molecule has 2 rings (SSSR count). The molecule has 0 aromatic carbocycles. The van der Waals surface area contributed by atoms with Crippen LogP contribution < -0.4 is 5.32 Å². The Labute approximate surface area is 106 Å². The minimum atomic E-state index is 0.816. The van der Waals surface area contributed by atoms with Crippen LogP contribution in [0, 0.1) is 17.8 Å². The van der Waals surface area contributed by atoms with Crippen LogP contribution in [0.3, 0.4) is 0 Å². The Morgan fingerprint density at radius 1 is 1.18 bits per heavy atom. The molecule has 0 bridgehead atoms. The molecule has 0 saturated heterocycles. The van der Waals surface area contributed by atoms with Gasteiger partial charge in [0.05, 0.1) is 6.61 Å². The summed E-state index contributed by atoms with van der Waals surface area (Å²) in [5.41, 5.74) is 0. The molecule has 0 radical (unpaired) electrons. The minimum absolute atomic E-state index is 0.816. The van der Waals surface area contributed by atoms with E-state index in [1.165, 1.54) is 38.8 Å². The first-order chi connectivity index (χ1) is 8.33. The number of ether oxygens (including phenoxy) is 1. The largest absolute Gasteiger partial charge is 0.383 e. The maximum Gasteiger partial charge on any atom is 0.0587 e. The van der Waals surface area contributed by atoms with Crippen molar-refractivity contribution in [2.24, 2.45) is 17.8 Å². The maximum atomic E-state index is 5.01. The summed E-state index contributed by atoms with van der Waals surface area (Å²) in [4.78, 5) is 2.50. The molecule has 2 atom stereocenters. The van der Waals surface area contributed by atoms with Crippen molar-refractivity contribution in [3.05, 3.63) is 0 Å². The zero-order chi connectivity index (χ0) is 12.1. The van der Waals surface area contributed by atoms with Crippen LogP contribution >= 0.6 is 0 Å². The Bertz CT molecular complexity index is 210. The van der Waals surface area contributed by atoms with Crippen LogP contribution in [0.5, 0.6) is 0 Å². The Hall–Kier alpha value is -0.120. The second kappa shape index (κ2) is 6.72. The van der Waals surface area contributed by atoms with E-state index in [-0.39, 0.29) is 0 Å². The third kappa shape index (κ3) is 3.94. The molecule has 0 aromatic heterocycles. The molecule has 0 aromatic rings. The summed E-state index contributed by atoms with van der Waals surface area (Å²) in [5.74, 6) is 3.21. The first kappa shape index (κ1) is 13.3. The average Bonchev–Trinajstić information content (AvgIpc) is 3.03. The topological polar surface area (TPSA) is 24.5 Å². The standard InChI is InChI=1S/C14H28N2O/c1-16(9-7-15-8-10-17-2)11-14-12-5-3-4-6-13(12)14/h12-15H,3-11H2,1-2H3. The summed E-state index contributed by atoms with van der Waals surface area (Å²) in [6, 6.07) is 0. The predicted octanol–water partition coefficient (Wildman–Crippen LogP) is 1.59. The Morgan fingerprint density at radius 3 is 2.53 bits per heavy atom. The number of hydrogen-bond acceptors (Lipinski definition) is 3. The van der Waals surface area contributed by atoms with Crippen LogP contribution in [-0.4, -0.2) is 51.8 Å². The van der Waals surface area contributed by atoms with Crippen molar-refractivity contribution < 1.29 is 4.74 Å². The monoisotopic (exact) mass is 240 g/mol. The van der Waals surface area contributed by atoms with Gasteiger partial charge in [0, 0.05) is 33.3 Å². The lowest BCUT2D eigenvalue weighted by atomic mass is 10.0. The van der Waals surface area contributed by atoms with E-state index in [1.807, 2.05) is 0 Å². The third-order valence-electron chi connectivity index (χ3n) is 4.51. The van der Waals surface area contributed by atoms with Crippen molar-refractivity contribution in [3.63, 3.8) is 0 Å². The van der Waals surface area contributed by atoms with Gasteiger partial charge in [0.15, 0.2) is 0 Å². The molecule has 17 heavy (non-hydrogen) atoms. The summed E-state index contributed by atoms with van der Waals surface area (Å²) in [6.45, 7) is 5.36. The highest BCUT2D eigenvalue weighted by atomic mass is 16.5. The molecule has 0 amide bonds. The number of nitrogens with one attached hydrogen (secondary N) is 1. The van der Waals surface area contributed by atoms with Gasteiger partial charge in [-0.15, -0.1) is 0 Å². The van der Waals surface area contributed by atoms with Gasteiger partial charge >= 0.3 is 0 Å². The number of likely N-dealkylation sites (N-methyl/N-ethyl adjacent to an activating group) is 1. The van der Waals surface area contributed by atoms with Crippen molar-refractivity contribution in [1.29, 1.82) is 0 Å². The van der Waals surface area contributed by atoms with Gasteiger partial charge in [0.2, 0.25) is 0 Å². The van der Waals surface area contributed by atoms with Crippen molar-refractivity contribution in [2.75, 3.05) is 46.9 Å². The van der Waals surface area contributed by atoms with Crippen LogP contribution in [0.1, 0.15) is 25.7 Å². The third-order valence-corrected chi connectivity index (χ3v) is 4.51. The summed E-state index contributed by atoms with van der Waals surface area (Å²) in [7, 11) is 4.02. The second-order valence-corrected chi connectivity index (χ2v) is 5.78. The lowest BCUT2D eigenvalue weighted by Crippen LogP contribution is -2.32. The summed E-state index contributed by atoms with van der Waals surface area (Å²) < 4.78 is 5.01. The first-order valence-electron chi connectivity index (χ1n) is 7.21. The lowest BCUT2D eigenvalue weighted by molar-refractivity contribution is 0.197. The Balaban J connectivity index is 1.51. The molecule has 3 nitrogen and oxygen atoms in total. The summed E-state index contributed by atoms with van der Waals surface area (Å²) in [6.07, 6.45) is 5.99. The number of methoxy groups -OCH3 is 1. The molecule has 3 heteroatoms. The lowest BCUT2D eigenvalue weighted by Gasteiger charge is -2.17. The van der Waals surface area contributed by atoms with Gasteiger partial charge in [-0.3, -0.25) is 0 Å². The van der Waals surface area contributed by atoms with Gasteiger partial charge in [-0.25, -0.2) is 0 Å². The fraction of sp³-hybridized carbons (Fsp3) is 1.00. The predicted molar refractivity (Wildman–Crippen MR) is 71.2 cm³/mol. The van der Waals surface area contributed by atoms with Crippen LogP contribution in [0.2, 0.25) is 0 Å². The van der Waals surface area contributed by atoms with Gasteiger partial charge in [-0.1, -0.05) is 12.8 Å². The average molecular weight is 240 g/mol. The molecule has 2 fully saturated rings. The maximum absolute atomic E-state index is 5.01. The number of nitrogens with zero attached hydrogens (tertiary/aromatic N) is 1. The van der Waals surface area contributed by atoms with Gasteiger partial charge < -0.3 is 15.0 Å². The van der Waals surface area contributed by atoms with Gasteiger partial charge in [-0.05, 0) is 37.6 Å². The highest BCUT2D eigenvalue weighted by Gasteiger charge is 2.50. The molecular formula is C14H28N2O. The second-order valence-electron chi connectivity index (χ2n) is 5.78. The summed E-state index contributed by atoms with van der Waals surface area (Å²) >= 11 is 0. The Kier molecular flexibility index (Phi) is 5.26. The van der Waals surface area contributed by atoms with Crippen molar-refractivity contribution >= 4 is 0 Å². The smallest absolute Gasteiger partial charge is 0.0587 e. The fourth-order valence-electron chi connectivity index (χ4n) is 3.43. The normalized spacial score (nSPS) is 31.6. The number of fused-ring (bicyclic) bond motifs is 1. The Morgan fingerprint density at radius 2 is 1.88 bits per heavy atom. The number of hydrogen-bond donors (Lipinski definition) is 1. The molecule has 2 saturated carbocycles. The van der Waals surface area contributed by atoms with E-state index in [0.717, 1.165) is 37.5 Å². The van der Waals surface area contributed by atoms with Gasteiger partial charge in [-0.2, -0.15) is 0 Å². The molecule has 100 valence electrons. The van der Waals surface area contributed by atoms with E-state index in [1.54, 1.807) is 7.11 Å². The minimum Gasteiger partial charge on any atom is -0.383 e. The van der Waals surface area contributed by atoms with Crippen molar-refractivity contribution in [2.45, 2.75) is 25.7 Å². The van der Waals surface area contributed by atoms with Crippen molar-refractivity contribution in [1.82, 2.24) is 10.2 Å². The van der Waals surface area contributed by atoms with E-state index in [2.05, 4.69) is 17.3 Å². The molecule has 2 unspecified atom stereocenters. The molecule has 0 heterocycles. The molecule has 0 aliphatic heterocycles. The molecule has 2 aliphatic carbocycles. The highest BCUT2D eigenvalue weighted by Crippen LogP contribution is 2.55. The molecule has 2 aliphatic rings. The van der Waals surface area contributed by atoms with E-state index >= 15 is 0 Å². The zero-order valence-corrected chi connectivity index (χ0v) is 11.5. The van der Waals surface area contributed by atoms with Gasteiger partial charge in [0.25, 0.3) is 0 Å². The summed E-state index contributed by atoms with van der Waals surface area (Å²) in [5, 5.41) is 3.41. The molecular weight excluding hydrogens is 212 g/mol. The fourth-order valence-corrected chi connectivity index (χ4v) is 3.43. The van der Waals surface area contributed by atoms with Crippen molar-refractivity contribution in [3.8, 4) is 0 Å². The quantitative estimate of drug-likeness (QED) is 0.652. The SMILES string of the molecule is COCCNCCN(C)CC1C2CCCCC21. The molecule has 0 spiro atoms. The number of rotatable bonds is 8. The van der Waals surface area contributed by atoms with Crippen LogP contribution in [0.25, 0.3) is 0 Å².